The van der Waals surface area contributed by atoms with Crippen LogP contribution in [-0.4, -0.2) is 45.0 Å². The van der Waals surface area contributed by atoms with Crippen LogP contribution in [0.2, 0.25) is 0 Å². The Hall–Kier alpha value is -2.15. The lowest BCUT2D eigenvalue weighted by Gasteiger charge is -2.10. The molecule has 0 amide bonds. The van der Waals surface area contributed by atoms with E-state index in [-0.39, 0.29) is 11.8 Å². The molecule has 0 spiro atoms. The van der Waals surface area contributed by atoms with E-state index in [2.05, 4.69) is 10.1 Å². The highest BCUT2D eigenvalue weighted by Crippen LogP contribution is 2.15. The molecule has 100 valence electrons. The predicted octanol–water partition coefficient (Wildman–Crippen LogP) is 0.985. The molecule has 19 heavy (non-hydrogen) atoms. The van der Waals surface area contributed by atoms with E-state index in [0.29, 0.717) is 18.1 Å². The average Bonchev–Trinajstić information content (AvgIpc) is 3.04. The van der Waals surface area contributed by atoms with Crippen LogP contribution in [0.4, 0.5) is 0 Å². The van der Waals surface area contributed by atoms with Crippen molar-refractivity contribution in [1.82, 2.24) is 14.6 Å². The molecular weight excluding hydrogens is 250 g/mol. The highest BCUT2D eigenvalue weighted by atomic mass is 16.5. The molecule has 1 atom stereocenters. The van der Waals surface area contributed by atoms with Crippen molar-refractivity contribution in [2.24, 2.45) is 0 Å². The van der Waals surface area contributed by atoms with Crippen molar-refractivity contribution in [3.63, 3.8) is 0 Å². The number of hydrogen-bond donors (Lipinski definition) is 1. The van der Waals surface area contributed by atoms with E-state index in [0.717, 1.165) is 19.4 Å². The van der Waals surface area contributed by atoms with Gasteiger partial charge in [0, 0.05) is 12.7 Å². The van der Waals surface area contributed by atoms with Crippen molar-refractivity contribution in [2.75, 3.05) is 13.2 Å². The smallest absolute Gasteiger partial charge is 0.356 e. The van der Waals surface area contributed by atoms with Crippen LogP contribution in [0, 0.1) is 0 Å². The van der Waals surface area contributed by atoms with Crippen LogP contribution in [0.5, 0.6) is 5.88 Å². The van der Waals surface area contributed by atoms with E-state index in [9.17, 15) is 4.79 Å². The molecule has 0 aromatic carbocycles. The summed E-state index contributed by atoms with van der Waals surface area (Å²) in [6.07, 6.45) is 3.53. The largest absolute Gasteiger partial charge is 0.476 e. The van der Waals surface area contributed by atoms with E-state index < -0.39 is 5.97 Å². The van der Waals surface area contributed by atoms with E-state index in [1.165, 1.54) is 10.7 Å². The number of carboxylic acid groups (broad SMARTS) is 1. The van der Waals surface area contributed by atoms with Crippen molar-refractivity contribution in [3.05, 3.63) is 24.0 Å². The molecule has 3 rings (SSSR count). The molecule has 0 saturated carbocycles. The van der Waals surface area contributed by atoms with Gasteiger partial charge in [0.05, 0.1) is 12.3 Å². The summed E-state index contributed by atoms with van der Waals surface area (Å²) in [5.74, 6) is -0.648. The fourth-order valence-corrected chi connectivity index (χ4v) is 2.00. The Kier molecular flexibility index (Phi) is 3.04. The summed E-state index contributed by atoms with van der Waals surface area (Å²) in [7, 11) is 0. The van der Waals surface area contributed by atoms with Gasteiger partial charge in [-0.3, -0.25) is 0 Å². The third-order valence-electron chi connectivity index (χ3n) is 2.96. The molecule has 3 heterocycles. The van der Waals surface area contributed by atoms with Crippen LogP contribution < -0.4 is 4.74 Å². The summed E-state index contributed by atoms with van der Waals surface area (Å²) in [6.45, 7) is 1.24. The number of rotatable bonds is 4. The molecule has 2 aromatic rings. The second kappa shape index (κ2) is 4.85. The number of carbonyl (C=O) groups is 1. The van der Waals surface area contributed by atoms with Crippen molar-refractivity contribution in [2.45, 2.75) is 18.9 Å². The van der Waals surface area contributed by atoms with Gasteiger partial charge in [0.2, 0.25) is 5.88 Å². The van der Waals surface area contributed by atoms with Gasteiger partial charge in [0.25, 0.3) is 0 Å². The molecule has 1 aliphatic heterocycles. The Morgan fingerprint density at radius 2 is 2.47 bits per heavy atom. The topological polar surface area (TPSA) is 86.0 Å². The summed E-state index contributed by atoms with van der Waals surface area (Å²) in [5, 5.41) is 13.0. The van der Waals surface area contributed by atoms with E-state index in [4.69, 9.17) is 14.6 Å². The number of aromatic carboxylic acids is 1. The Morgan fingerprint density at radius 1 is 1.58 bits per heavy atom. The van der Waals surface area contributed by atoms with E-state index in [1.54, 1.807) is 12.1 Å². The van der Waals surface area contributed by atoms with Gasteiger partial charge >= 0.3 is 5.97 Å². The monoisotopic (exact) mass is 263 g/mol. The number of carboxylic acids is 1. The summed E-state index contributed by atoms with van der Waals surface area (Å²) < 4.78 is 12.4. The zero-order valence-electron chi connectivity index (χ0n) is 10.2. The lowest BCUT2D eigenvalue weighted by molar-refractivity contribution is 0.0659. The first-order chi connectivity index (χ1) is 9.22. The van der Waals surface area contributed by atoms with Gasteiger partial charge in [0.1, 0.15) is 6.61 Å². The van der Waals surface area contributed by atoms with Gasteiger partial charge in [0.15, 0.2) is 11.3 Å². The van der Waals surface area contributed by atoms with Gasteiger partial charge in [-0.15, -0.1) is 5.10 Å². The second-order valence-corrected chi connectivity index (χ2v) is 4.35. The van der Waals surface area contributed by atoms with Crippen molar-refractivity contribution in [3.8, 4) is 5.88 Å². The second-order valence-electron chi connectivity index (χ2n) is 4.35. The standard InChI is InChI=1S/C12H13N3O4/c16-12(17)9-6-15-10(13-9)3-4-11(14-15)19-7-8-2-1-5-18-8/h3-4,6,8H,1-2,5,7H2,(H,16,17). The van der Waals surface area contributed by atoms with E-state index >= 15 is 0 Å². The van der Waals surface area contributed by atoms with Crippen LogP contribution >= 0.6 is 0 Å². The van der Waals surface area contributed by atoms with Crippen molar-refractivity contribution in [1.29, 1.82) is 0 Å². The van der Waals surface area contributed by atoms with Gasteiger partial charge in [-0.2, -0.15) is 0 Å². The van der Waals surface area contributed by atoms with Crippen LogP contribution in [0.3, 0.4) is 0 Å². The van der Waals surface area contributed by atoms with Gasteiger partial charge in [-0.1, -0.05) is 0 Å². The lowest BCUT2D eigenvalue weighted by Crippen LogP contribution is -2.17. The fraction of sp³-hybridized carbons (Fsp3) is 0.417. The summed E-state index contributed by atoms with van der Waals surface area (Å²) in [4.78, 5) is 14.7. The van der Waals surface area contributed by atoms with Gasteiger partial charge in [-0.05, 0) is 18.9 Å². The first-order valence-corrected chi connectivity index (χ1v) is 6.06. The molecular formula is C12H13N3O4. The Labute approximate surface area is 108 Å². The van der Waals surface area contributed by atoms with Gasteiger partial charge in [-0.25, -0.2) is 14.3 Å². The fourth-order valence-electron chi connectivity index (χ4n) is 2.00. The Balaban J connectivity index is 1.74. The molecule has 1 aliphatic rings. The van der Waals surface area contributed by atoms with Crippen LogP contribution in [0.25, 0.3) is 5.65 Å². The highest BCUT2D eigenvalue weighted by Gasteiger charge is 2.16. The number of fused-ring (bicyclic) bond motifs is 1. The quantitative estimate of drug-likeness (QED) is 0.885. The third-order valence-corrected chi connectivity index (χ3v) is 2.96. The summed E-state index contributed by atoms with van der Waals surface area (Å²) in [5.41, 5.74) is 0.436. The predicted molar refractivity (Wildman–Crippen MR) is 64.4 cm³/mol. The molecule has 0 aliphatic carbocycles. The van der Waals surface area contributed by atoms with Gasteiger partial charge < -0.3 is 14.6 Å². The van der Waals surface area contributed by atoms with Crippen molar-refractivity contribution < 1.29 is 19.4 Å². The normalized spacial score (nSPS) is 18.8. The molecule has 7 nitrogen and oxygen atoms in total. The van der Waals surface area contributed by atoms with Crippen LogP contribution in [0.15, 0.2) is 18.3 Å². The molecule has 1 unspecified atom stereocenters. The molecule has 0 bridgehead atoms. The first-order valence-electron chi connectivity index (χ1n) is 6.06. The first kappa shape index (κ1) is 11.9. The Morgan fingerprint density at radius 3 is 3.21 bits per heavy atom. The van der Waals surface area contributed by atoms with Crippen molar-refractivity contribution >= 4 is 11.6 Å². The number of ether oxygens (including phenoxy) is 2. The molecule has 1 fully saturated rings. The van der Waals surface area contributed by atoms with Crippen LogP contribution in [-0.2, 0) is 4.74 Å². The lowest BCUT2D eigenvalue weighted by atomic mass is 10.2. The minimum Gasteiger partial charge on any atom is -0.476 e. The SMILES string of the molecule is O=C(O)c1cn2nc(OCC3CCCO3)ccc2n1. The number of imidazole rings is 1. The molecule has 0 radical (unpaired) electrons. The Bertz CT molecular complexity index is 604. The minimum absolute atomic E-state index is 0.0382. The van der Waals surface area contributed by atoms with Crippen LogP contribution in [0.1, 0.15) is 23.3 Å². The highest BCUT2D eigenvalue weighted by molar-refractivity contribution is 5.85. The summed E-state index contributed by atoms with van der Waals surface area (Å²) in [6, 6.07) is 3.34. The average molecular weight is 263 g/mol. The minimum atomic E-state index is -1.08. The summed E-state index contributed by atoms with van der Waals surface area (Å²) >= 11 is 0. The zero-order chi connectivity index (χ0) is 13.2. The van der Waals surface area contributed by atoms with E-state index in [1.807, 2.05) is 0 Å². The maximum absolute atomic E-state index is 10.8. The molecule has 1 N–H and O–H groups in total. The number of hydrogen-bond acceptors (Lipinski definition) is 5. The number of aromatic nitrogens is 3. The molecule has 2 aromatic heterocycles. The molecule has 1 saturated heterocycles. The number of nitrogens with zero attached hydrogens (tertiary/aromatic N) is 3. The third kappa shape index (κ3) is 2.50. The molecule has 7 heteroatoms. The maximum Gasteiger partial charge on any atom is 0.356 e. The maximum atomic E-state index is 10.8. The zero-order valence-corrected chi connectivity index (χ0v) is 10.2.